The molecule has 0 amide bonds. The number of hydrogen-bond acceptors (Lipinski definition) is 4. The maximum atomic E-state index is 5.92. The molecular formula is C40H65N5P-. The molecule has 0 radical (unpaired) electrons. The van der Waals surface area contributed by atoms with Gasteiger partial charge in [0, 0.05) is 12.1 Å². The Hall–Kier alpha value is -1.35. The number of nitrogens with one attached hydrogen (secondary N) is 1. The van der Waals surface area contributed by atoms with Gasteiger partial charge in [-0.2, -0.15) is 0 Å². The van der Waals surface area contributed by atoms with Gasteiger partial charge in [-0.25, -0.2) is 0 Å². The van der Waals surface area contributed by atoms with Gasteiger partial charge in [-0.3, -0.25) is 9.98 Å². The average molecular weight is 647 g/mol. The molecule has 0 aromatic carbocycles. The summed E-state index contributed by atoms with van der Waals surface area (Å²) >= 11 is 0. The molecule has 256 valence electrons. The predicted octanol–water partition coefficient (Wildman–Crippen LogP) is 11.4. The molecule has 6 heteroatoms. The van der Waals surface area contributed by atoms with Gasteiger partial charge in [-0.1, -0.05) is 130 Å². The van der Waals surface area contributed by atoms with Gasteiger partial charge in [-0.05, 0) is 70.5 Å². The first-order valence-electron chi connectivity index (χ1n) is 20.1. The molecule has 1 atom stereocenters. The summed E-state index contributed by atoms with van der Waals surface area (Å²) in [6.45, 7) is 7.44. The summed E-state index contributed by atoms with van der Waals surface area (Å²) in [4.78, 5) is 14.6. The molecule has 5 aliphatic carbocycles. The van der Waals surface area contributed by atoms with Crippen LogP contribution in [0.1, 0.15) is 181 Å². The van der Waals surface area contributed by atoms with Crippen molar-refractivity contribution in [2.24, 2.45) is 9.98 Å². The van der Waals surface area contributed by atoms with Crippen LogP contribution < -0.4 is 5.32 Å². The first-order valence-corrected chi connectivity index (χ1v) is 21.5. The molecule has 46 heavy (non-hydrogen) atoms. The van der Waals surface area contributed by atoms with Gasteiger partial charge in [0.25, 0.3) is 0 Å². The summed E-state index contributed by atoms with van der Waals surface area (Å²) in [6, 6.07) is 2.06. The van der Waals surface area contributed by atoms with E-state index in [1.165, 1.54) is 189 Å². The van der Waals surface area contributed by atoms with Gasteiger partial charge in [-0.15, -0.1) is 11.5 Å². The van der Waals surface area contributed by atoms with Gasteiger partial charge in [0.05, 0.1) is 28.4 Å². The van der Waals surface area contributed by atoms with Crippen molar-refractivity contribution in [3.8, 4) is 0 Å². The molecule has 2 heterocycles. The van der Waals surface area contributed by atoms with Gasteiger partial charge in [0.2, 0.25) is 0 Å². The van der Waals surface area contributed by atoms with Crippen LogP contribution in [-0.4, -0.2) is 51.1 Å². The Kier molecular flexibility index (Phi) is 10.6. The summed E-state index contributed by atoms with van der Waals surface area (Å²) in [7, 11) is -0.550. The van der Waals surface area contributed by atoms with Crippen LogP contribution in [0, 0.1) is 0 Å². The van der Waals surface area contributed by atoms with Crippen molar-refractivity contribution in [3.63, 3.8) is 0 Å². The Morgan fingerprint density at radius 2 is 1.33 bits per heavy atom. The lowest BCUT2D eigenvalue weighted by Crippen LogP contribution is -2.49. The predicted molar refractivity (Wildman–Crippen MR) is 198 cm³/mol. The molecule has 0 saturated heterocycles. The molecule has 0 aromatic heterocycles. The highest BCUT2D eigenvalue weighted by atomic mass is 31.1. The van der Waals surface area contributed by atoms with Gasteiger partial charge >= 0.3 is 0 Å². The van der Waals surface area contributed by atoms with E-state index in [1.54, 1.807) is 0 Å². The quantitative estimate of drug-likeness (QED) is 0.280. The molecule has 5 fully saturated rings. The lowest BCUT2D eigenvalue weighted by molar-refractivity contribution is 0.286. The first kappa shape index (κ1) is 33.2. The summed E-state index contributed by atoms with van der Waals surface area (Å²) in [5.74, 6) is 1.28. The highest BCUT2D eigenvalue weighted by molar-refractivity contribution is 7.83. The van der Waals surface area contributed by atoms with Crippen LogP contribution in [0.25, 0.3) is 5.32 Å². The van der Waals surface area contributed by atoms with E-state index < -0.39 is 7.92 Å². The molecule has 7 rings (SSSR count). The lowest BCUT2D eigenvalue weighted by Gasteiger charge is -2.57. The third-order valence-electron chi connectivity index (χ3n) is 12.4. The van der Waals surface area contributed by atoms with Crippen molar-refractivity contribution >= 4 is 19.2 Å². The zero-order chi connectivity index (χ0) is 31.6. The van der Waals surface area contributed by atoms with Crippen LogP contribution in [0.2, 0.25) is 0 Å². The largest absolute Gasteiger partial charge is 0.679 e. The number of hydrogen-bond donors (Lipinski definition) is 1. The smallest absolute Gasteiger partial charge is 0.152 e. The Morgan fingerprint density at radius 1 is 0.761 bits per heavy atom. The van der Waals surface area contributed by atoms with E-state index in [0.717, 1.165) is 0 Å². The molecule has 1 spiro atoms. The monoisotopic (exact) mass is 646 g/mol. The zero-order valence-corrected chi connectivity index (χ0v) is 30.7. The molecule has 0 bridgehead atoms. The van der Waals surface area contributed by atoms with Crippen LogP contribution in [0.15, 0.2) is 32.9 Å². The van der Waals surface area contributed by atoms with Crippen LogP contribution in [0.3, 0.4) is 0 Å². The zero-order valence-electron chi connectivity index (χ0n) is 29.8. The number of rotatable bonds is 7. The summed E-state index contributed by atoms with van der Waals surface area (Å²) in [5, 5.41) is 10.2. The van der Waals surface area contributed by atoms with Crippen molar-refractivity contribution in [1.29, 1.82) is 0 Å². The molecule has 5 nitrogen and oxygen atoms in total. The fourth-order valence-electron chi connectivity index (χ4n) is 9.83. The second kappa shape index (κ2) is 14.6. The third kappa shape index (κ3) is 7.30. The van der Waals surface area contributed by atoms with E-state index in [1.807, 2.05) is 0 Å². The molecule has 2 aliphatic heterocycles. The second-order valence-corrected chi connectivity index (χ2v) is 20.0. The number of aliphatic imine (C=N–C) groups is 2. The first-order chi connectivity index (χ1) is 22.4. The van der Waals surface area contributed by atoms with Crippen molar-refractivity contribution < 1.29 is 0 Å². The highest BCUT2D eigenvalue weighted by Gasteiger charge is 2.48. The lowest BCUT2D eigenvalue weighted by atomic mass is 9.82. The Bertz CT molecular complexity index is 1160. The van der Waals surface area contributed by atoms with Crippen molar-refractivity contribution in [2.75, 3.05) is 0 Å². The summed E-state index contributed by atoms with van der Waals surface area (Å²) in [6.07, 6.45) is 35.5. The van der Waals surface area contributed by atoms with E-state index in [2.05, 4.69) is 37.1 Å². The summed E-state index contributed by atoms with van der Waals surface area (Å²) < 4.78 is 0. The van der Waals surface area contributed by atoms with Gasteiger partial charge < -0.3 is 15.5 Å². The number of allylic oxidation sites excluding steroid dienone is 1. The maximum absolute atomic E-state index is 5.92. The van der Waals surface area contributed by atoms with E-state index in [-0.39, 0.29) is 10.7 Å². The molecular weight excluding hydrogens is 581 g/mol. The molecule has 5 saturated carbocycles. The van der Waals surface area contributed by atoms with Crippen molar-refractivity contribution in [3.05, 3.63) is 28.2 Å². The normalized spacial score (nSPS) is 29.9. The van der Waals surface area contributed by atoms with Gasteiger partial charge in [0.1, 0.15) is 0 Å². The Balaban J connectivity index is 1.35. The average Bonchev–Trinajstić information content (AvgIpc) is 3.40. The Morgan fingerprint density at radius 3 is 1.96 bits per heavy atom. The van der Waals surface area contributed by atoms with E-state index >= 15 is 0 Å². The second-order valence-electron chi connectivity index (χ2n) is 17.1. The van der Waals surface area contributed by atoms with Gasteiger partial charge in [0.15, 0.2) is 5.84 Å². The van der Waals surface area contributed by atoms with Crippen LogP contribution in [0.5, 0.6) is 0 Å². The minimum atomic E-state index is -0.550. The van der Waals surface area contributed by atoms with Crippen LogP contribution in [0.4, 0.5) is 0 Å². The Labute approximate surface area is 283 Å². The number of amidine groups is 1. The minimum Gasteiger partial charge on any atom is -0.679 e. The highest BCUT2D eigenvalue weighted by Crippen LogP contribution is 2.70. The molecule has 0 aromatic rings. The molecule has 1 N–H and O–H groups in total. The van der Waals surface area contributed by atoms with Crippen molar-refractivity contribution in [2.45, 2.75) is 216 Å². The van der Waals surface area contributed by atoms with Crippen LogP contribution in [-0.2, 0) is 0 Å². The fraction of sp³-hybridized carbons (Fsp3) is 0.850. The minimum absolute atomic E-state index is 0.0160. The standard InChI is InChI=1S/C40H65N5P/c1-39(2,3)46-37(42-31-21-11-5-12-22-31)35(38(46)43-32-23-13-6-14-24-32)45(33-25-15-7-16-26-33)36-34(41-30-19-9-4-10-20-30)29-40(44-36)27-17-8-18-28-40/h29-33,41H,4-28H2,1-3H3/q-1. The maximum Gasteiger partial charge on any atom is 0.152 e. The topological polar surface area (TPSA) is 54.1 Å². The van der Waals surface area contributed by atoms with E-state index in [0.29, 0.717) is 24.2 Å². The number of nitrogens with zero attached hydrogens (tertiary/aromatic N) is 4. The fourth-order valence-corrected chi connectivity index (χ4v) is 12.5. The van der Waals surface area contributed by atoms with Crippen LogP contribution >= 0.6 is 7.92 Å². The van der Waals surface area contributed by atoms with E-state index in [4.69, 9.17) is 15.3 Å². The molecule has 7 aliphatic rings. The third-order valence-corrected chi connectivity index (χ3v) is 15.2. The summed E-state index contributed by atoms with van der Waals surface area (Å²) in [5.41, 5.74) is 5.70. The van der Waals surface area contributed by atoms with E-state index in [9.17, 15) is 0 Å². The van der Waals surface area contributed by atoms with Crippen molar-refractivity contribution in [1.82, 2.24) is 10.2 Å². The molecule has 1 unspecified atom stereocenters. The SMILES string of the molecule is CC(C)(C)P1C(=NC2CCCCC2)C(N(C2=NC3(C=C2NC2CCCCC2)CCCCC3)C2CCCCC2)=C1[N-]C1CCCCC1.